The third-order valence-corrected chi connectivity index (χ3v) is 5.07. The van der Waals surface area contributed by atoms with Gasteiger partial charge in [0.2, 0.25) is 0 Å². The van der Waals surface area contributed by atoms with Gasteiger partial charge in [-0.3, -0.25) is 4.90 Å². The van der Waals surface area contributed by atoms with Gasteiger partial charge in [-0.05, 0) is 36.6 Å². The molecule has 2 unspecified atom stereocenters. The molecule has 4 nitrogen and oxygen atoms in total. The predicted octanol–water partition coefficient (Wildman–Crippen LogP) is 2.26. The Morgan fingerprint density at radius 1 is 1.39 bits per heavy atom. The summed E-state index contributed by atoms with van der Waals surface area (Å²) in [5.41, 5.74) is 5.99. The van der Waals surface area contributed by atoms with E-state index in [4.69, 9.17) is 5.73 Å². The summed E-state index contributed by atoms with van der Waals surface area (Å²) in [5.74, 6) is 2.42. The monoisotopic (exact) mass is 260 g/mol. The molecule has 4 rings (SSSR count). The fourth-order valence-corrected chi connectivity index (χ4v) is 4.19. The van der Waals surface area contributed by atoms with Crippen molar-refractivity contribution in [3.8, 4) is 0 Å². The van der Waals surface area contributed by atoms with Gasteiger partial charge >= 0.3 is 0 Å². The maximum Gasteiger partial charge on any atom is 0.146 e. The maximum atomic E-state index is 5.99. The Hall–Kier alpha value is -1.20. The Morgan fingerprint density at radius 3 is 3.11 bits per heavy atom. The second-order valence-electron chi connectivity index (χ2n) is 5.43. The first-order valence-corrected chi connectivity index (χ1v) is 7.41. The van der Waals surface area contributed by atoms with Crippen LogP contribution in [0.4, 0.5) is 5.82 Å². The zero-order valence-corrected chi connectivity index (χ0v) is 11.0. The minimum atomic E-state index is 0.626. The number of likely N-dealkylation sites (tertiary alicyclic amines) is 1. The third kappa shape index (κ3) is 1.61. The van der Waals surface area contributed by atoms with Crippen molar-refractivity contribution in [2.45, 2.75) is 31.8 Å². The largest absolute Gasteiger partial charge is 0.383 e. The van der Waals surface area contributed by atoms with Crippen LogP contribution in [0.5, 0.6) is 0 Å². The van der Waals surface area contributed by atoms with E-state index in [9.17, 15) is 0 Å². The SMILES string of the molecule is Nc1nc(CN2CC3CCC2C3)nc2sccc12. The second-order valence-corrected chi connectivity index (χ2v) is 6.32. The number of nitrogens with zero attached hydrogens (tertiary/aromatic N) is 3. The highest BCUT2D eigenvalue weighted by atomic mass is 32.1. The number of hydrogen-bond donors (Lipinski definition) is 1. The highest BCUT2D eigenvalue weighted by Crippen LogP contribution is 2.38. The van der Waals surface area contributed by atoms with Crippen molar-refractivity contribution in [3.05, 3.63) is 17.3 Å². The summed E-state index contributed by atoms with van der Waals surface area (Å²) in [6, 6.07) is 2.76. The van der Waals surface area contributed by atoms with Gasteiger partial charge in [0.15, 0.2) is 0 Å². The topological polar surface area (TPSA) is 55.0 Å². The first-order valence-electron chi connectivity index (χ1n) is 6.53. The molecule has 1 aliphatic heterocycles. The minimum absolute atomic E-state index is 0.626. The summed E-state index contributed by atoms with van der Waals surface area (Å²) in [6.45, 7) is 2.08. The van der Waals surface area contributed by atoms with Gasteiger partial charge in [0.25, 0.3) is 0 Å². The van der Waals surface area contributed by atoms with Gasteiger partial charge in [-0.25, -0.2) is 9.97 Å². The van der Waals surface area contributed by atoms with Crippen molar-refractivity contribution in [2.75, 3.05) is 12.3 Å². The van der Waals surface area contributed by atoms with E-state index in [1.807, 2.05) is 11.4 Å². The average molecular weight is 260 g/mol. The molecular weight excluding hydrogens is 244 g/mol. The van der Waals surface area contributed by atoms with Crippen molar-refractivity contribution >= 4 is 27.4 Å². The van der Waals surface area contributed by atoms with Crippen LogP contribution in [-0.2, 0) is 6.54 Å². The van der Waals surface area contributed by atoms with E-state index in [0.717, 1.165) is 34.5 Å². The Bertz CT molecular complexity index is 594. The Morgan fingerprint density at radius 2 is 2.33 bits per heavy atom. The zero-order valence-electron chi connectivity index (χ0n) is 10.2. The summed E-state index contributed by atoms with van der Waals surface area (Å²) >= 11 is 1.64. The molecule has 1 saturated carbocycles. The second kappa shape index (κ2) is 3.90. The predicted molar refractivity (Wildman–Crippen MR) is 73.4 cm³/mol. The number of nitrogen functional groups attached to an aromatic ring is 1. The van der Waals surface area contributed by atoms with Crippen LogP contribution in [0, 0.1) is 5.92 Å². The van der Waals surface area contributed by atoms with Crippen LogP contribution in [0.25, 0.3) is 10.2 Å². The summed E-state index contributed by atoms with van der Waals surface area (Å²) in [5, 5.41) is 3.02. The quantitative estimate of drug-likeness (QED) is 0.900. The molecule has 2 bridgehead atoms. The Labute approximate surface area is 110 Å². The van der Waals surface area contributed by atoms with E-state index in [2.05, 4.69) is 14.9 Å². The molecule has 2 aromatic heterocycles. The van der Waals surface area contributed by atoms with Gasteiger partial charge in [0, 0.05) is 12.6 Å². The molecule has 0 radical (unpaired) electrons. The summed E-state index contributed by atoms with van der Waals surface area (Å²) in [6.07, 6.45) is 4.13. The fraction of sp³-hybridized carbons (Fsp3) is 0.538. The number of aromatic nitrogens is 2. The van der Waals surface area contributed by atoms with Crippen LogP contribution < -0.4 is 5.73 Å². The average Bonchev–Trinajstić information content (AvgIpc) is 3.02. The molecule has 94 valence electrons. The Balaban J connectivity index is 1.63. The molecule has 2 aliphatic rings. The van der Waals surface area contributed by atoms with Crippen LogP contribution in [0.15, 0.2) is 11.4 Å². The maximum absolute atomic E-state index is 5.99. The van der Waals surface area contributed by atoms with Gasteiger partial charge in [-0.2, -0.15) is 0 Å². The number of thiophene rings is 1. The number of piperidine rings is 1. The van der Waals surface area contributed by atoms with Crippen molar-refractivity contribution in [2.24, 2.45) is 5.92 Å². The number of hydrogen-bond acceptors (Lipinski definition) is 5. The van der Waals surface area contributed by atoms with Gasteiger partial charge in [-0.1, -0.05) is 0 Å². The highest BCUT2D eigenvalue weighted by Gasteiger charge is 2.37. The van der Waals surface area contributed by atoms with Crippen LogP contribution in [0.2, 0.25) is 0 Å². The fourth-order valence-electron chi connectivity index (χ4n) is 3.40. The van der Waals surface area contributed by atoms with Crippen LogP contribution in [-0.4, -0.2) is 27.5 Å². The third-order valence-electron chi connectivity index (χ3n) is 4.27. The normalized spacial score (nSPS) is 27.3. The molecule has 0 aromatic carbocycles. The van der Waals surface area contributed by atoms with Crippen LogP contribution >= 0.6 is 11.3 Å². The highest BCUT2D eigenvalue weighted by molar-refractivity contribution is 7.16. The van der Waals surface area contributed by atoms with Crippen molar-refractivity contribution in [1.29, 1.82) is 0 Å². The summed E-state index contributed by atoms with van der Waals surface area (Å²) in [7, 11) is 0. The van der Waals surface area contributed by atoms with E-state index in [1.54, 1.807) is 11.3 Å². The van der Waals surface area contributed by atoms with Gasteiger partial charge in [-0.15, -0.1) is 11.3 Å². The van der Waals surface area contributed by atoms with Gasteiger partial charge < -0.3 is 5.73 Å². The standard InChI is InChI=1S/C13H16N4S/c14-12-10-3-4-18-13(10)16-11(15-12)7-17-6-8-1-2-9(17)5-8/h3-4,8-9H,1-2,5-7H2,(H2,14,15,16). The smallest absolute Gasteiger partial charge is 0.146 e. The van der Waals surface area contributed by atoms with E-state index >= 15 is 0 Å². The van der Waals surface area contributed by atoms with Crippen molar-refractivity contribution in [1.82, 2.24) is 14.9 Å². The molecule has 1 saturated heterocycles. The lowest BCUT2D eigenvalue weighted by atomic mass is 10.1. The van der Waals surface area contributed by atoms with E-state index in [1.165, 1.54) is 25.8 Å². The van der Waals surface area contributed by atoms with E-state index in [0.29, 0.717) is 5.82 Å². The van der Waals surface area contributed by atoms with Crippen LogP contribution in [0.1, 0.15) is 25.1 Å². The molecule has 2 fully saturated rings. The molecule has 3 heterocycles. The molecular formula is C13H16N4S. The number of nitrogens with two attached hydrogens (primary N) is 1. The molecule has 18 heavy (non-hydrogen) atoms. The lowest BCUT2D eigenvalue weighted by molar-refractivity contribution is 0.201. The molecule has 5 heteroatoms. The molecule has 2 aromatic rings. The lowest BCUT2D eigenvalue weighted by Crippen LogP contribution is -2.32. The molecule has 0 spiro atoms. The van der Waals surface area contributed by atoms with Crippen molar-refractivity contribution in [3.63, 3.8) is 0 Å². The van der Waals surface area contributed by atoms with E-state index < -0.39 is 0 Å². The molecule has 1 aliphatic carbocycles. The summed E-state index contributed by atoms with van der Waals surface area (Å²) in [4.78, 5) is 12.6. The summed E-state index contributed by atoms with van der Waals surface area (Å²) < 4.78 is 0. The number of rotatable bonds is 2. The number of fused-ring (bicyclic) bond motifs is 3. The number of anilines is 1. The first-order chi connectivity index (χ1) is 8.79. The molecule has 2 N–H and O–H groups in total. The van der Waals surface area contributed by atoms with E-state index in [-0.39, 0.29) is 0 Å². The zero-order chi connectivity index (χ0) is 12.1. The van der Waals surface area contributed by atoms with Crippen LogP contribution in [0.3, 0.4) is 0 Å². The Kier molecular flexibility index (Phi) is 2.32. The minimum Gasteiger partial charge on any atom is -0.383 e. The first kappa shape index (κ1) is 10.7. The molecule has 2 atom stereocenters. The molecule has 0 amide bonds. The van der Waals surface area contributed by atoms with Crippen molar-refractivity contribution < 1.29 is 0 Å². The van der Waals surface area contributed by atoms with Gasteiger partial charge in [0.05, 0.1) is 11.9 Å². The lowest BCUT2D eigenvalue weighted by Gasteiger charge is -2.25. The van der Waals surface area contributed by atoms with Gasteiger partial charge in [0.1, 0.15) is 16.5 Å².